The van der Waals surface area contributed by atoms with Crippen molar-refractivity contribution in [3.8, 4) is 0 Å². The van der Waals surface area contributed by atoms with Crippen molar-refractivity contribution in [3.63, 3.8) is 0 Å². The molecule has 2 rings (SSSR count). The van der Waals surface area contributed by atoms with Gasteiger partial charge in [0, 0.05) is 25.0 Å². The molecule has 1 aromatic rings. The minimum Gasteiger partial charge on any atom is -0.377 e. The van der Waals surface area contributed by atoms with Gasteiger partial charge in [-0.05, 0) is 24.8 Å². The molecule has 1 aliphatic rings. The second-order valence-corrected chi connectivity index (χ2v) is 5.19. The van der Waals surface area contributed by atoms with Crippen molar-refractivity contribution in [2.24, 2.45) is 5.92 Å². The first kappa shape index (κ1) is 14.7. The molecule has 20 heavy (non-hydrogen) atoms. The summed E-state index contributed by atoms with van der Waals surface area (Å²) in [5.41, 5.74) is 1.16. The molecule has 4 heteroatoms. The Morgan fingerprint density at radius 2 is 2.15 bits per heavy atom. The molecule has 4 nitrogen and oxygen atoms in total. The van der Waals surface area contributed by atoms with Crippen LogP contribution in [0.4, 0.5) is 0 Å². The van der Waals surface area contributed by atoms with Crippen LogP contribution in [0.1, 0.15) is 31.2 Å². The molecule has 0 radical (unpaired) electrons. The summed E-state index contributed by atoms with van der Waals surface area (Å²) in [5, 5.41) is 2.86. The van der Waals surface area contributed by atoms with Crippen molar-refractivity contribution in [1.82, 2.24) is 5.32 Å². The molecule has 2 atom stereocenters. The summed E-state index contributed by atoms with van der Waals surface area (Å²) in [6.07, 6.45) is 3.88. The first-order chi connectivity index (χ1) is 9.79. The lowest BCUT2D eigenvalue weighted by atomic mass is 9.95. The molecule has 0 bridgehead atoms. The topological polar surface area (TPSA) is 55.4 Å². The van der Waals surface area contributed by atoms with Crippen LogP contribution in [0.5, 0.6) is 0 Å². The number of hydrogen-bond acceptors (Lipinski definition) is 3. The summed E-state index contributed by atoms with van der Waals surface area (Å²) in [6.45, 7) is 1.24. The van der Waals surface area contributed by atoms with Crippen molar-refractivity contribution in [3.05, 3.63) is 35.9 Å². The Kier molecular flexibility index (Phi) is 5.74. The SMILES string of the molecule is O=CC(CCCOCc1ccccc1)C1CCC(=O)N1. The summed E-state index contributed by atoms with van der Waals surface area (Å²) < 4.78 is 5.60. The van der Waals surface area contributed by atoms with Gasteiger partial charge in [0.05, 0.1) is 6.61 Å². The highest BCUT2D eigenvalue weighted by Gasteiger charge is 2.27. The molecule has 1 amide bonds. The van der Waals surface area contributed by atoms with E-state index in [1.165, 1.54) is 0 Å². The van der Waals surface area contributed by atoms with Crippen LogP contribution < -0.4 is 5.32 Å². The van der Waals surface area contributed by atoms with Crippen molar-refractivity contribution < 1.29 is 14.3 Å². The predicted octanol–water partition coefficient (Wildman–Crippen LogP) is 2.08. The molecular weight excluding hydrogens is 254 g/mol. The van der Waals surface area contributed by atoms with E-state index < -0.39 is 0 Å². The Balaban J connectivity index is 1.62. The fourth-order valence-electron chi connectivity index (χ4n) is 2.51. The molecule has 1 aromatic carbocycles. The lowest BCUT2D eigenvalue weighted by Gasteiger charge is -2.17. The first-order valence-corrected chi connectivity index (χ1v) is 7.16. The Hall–Kier alpha value is -1.68. The van der Waals surface area contributed by atoms with Gasteiger partial charge in [-0.1, -0.05) is 30.3 Å². The highest BCUT2D eigenvalue weighted by molar-refractivity contribution is 5.79. The van der Waals surface area contributed by atoms with Gasteiger partial charge in [0.15, 0.2) is 0 Å². The van der Waals surface area contributed by atoms with E-state index in [-0.39, 0.29) is 17.9 Å². The highest BCUT2D eigenvalue weighted by Crippen LogP contribution is 2.18. The van der Waals surface area contributed by atoms with E-state index >= 15 is 0 Å². The van der Waals surface area contributed by atoms with Gasteiger partial charge >= 0.3 is 0 Å². The molecule has 108 valence electrons. The molecule has 1 aliphatic heterocycles. The van der Waals surface area contributed by atoms with Crippen LogP contribution in [-0.4, -0.2) is 24.8 Å². The molecule has 1 fully saturated rings. The van der Waals surface area contributed by atoms with Gasteiger partial charge in [-0.2, -0.15) is 0 Å². The largest absolute Gasteiger partial charge is 0.377 e. The third-order valence-electron chi connectivity index (χ3n) is 3.66. The number of carbonyl (C=O) groups excluding carboxylic acids is 2. The van der Waals surface area contributed by atoms with Crippen LogP contribution in [0.15, 0.2) is 30.3 Å². The van der Waals surface area contributed by atoms with Gasteiger partial charge in [-0.3, -0.25) is 4.79 Å². The zero-order chi connectivity index (χ0) is 14.2. The fourth-order valence-corrected chi connectivity index (χ4v) is 2.51. The highest BCUT2D eigenvalue weighted by atomic mass is 16.5. The van der Waals surface area contributed by atoms with E-state index in [9.17, 15) is 9.59 Å². The van der Waals surface area contributed by atoms with Gasteiger partial charge in [-0.15, -0.1) is 0 Å². The van der Waals surface area contributed by atoms with Gasteiger partial charge < -0.3 is 14.8 Å². The Morgan fingerprint density at radius 3 is 2.80 bits per heavy atom. The molecule has 1 N–H and O–H groups in total. The molecule has 0 spiro atoms. The third-order valence-corrected chi connectivity index (χ3v) is 3.66. The number of aldehydes is 1. The van der Waals surface area contributed by atoms with Crippen LogP contribution in [0.2, 0.25) is 0 Å². The number of amides is 1. The standard InChI is InChI=1S/C16H21NO3/c18-11-14(15-8-9-16(19)17-15)7-4-10-20-12-13-5-2-1-3-6-13/h1-3,5-6,11,14-15H,4,7-10,12H2,(H,17,19). The second-order valence-electron chi connectivity index (χ2n) is 5.19. The second kappa shape index (κ2) is 7.80. The zero-order valence-corrected chi connectivity index (χ0v) is 11.6. The smallest absolute Gasteiger partial charge is 0.220 e. The molecule has 0 saturated carbocycles. The minimum absolute atomic E-state index is 0.0223. The summed E-state index contributed by atoms with van der Waals surface area (Å²) in [4.78, 5) is 22.2. The number of nitrogens with one attached hydrogen (secondary N) is 1. The lowest BCUT2D eigenvalue weighted by Crippen LogP contribution is -2.33. The minimum atomic E-state index is -0.0817. The number of carbonyl (C=O) groups is 2. The monoisotopic (exact) mass is 275 g/mol. The molecule has 1 saturated heterocycles. The van der Waals surface area contributed by atoms with Crippen molar-refractivity contribution in [2.75, 3.05) is 6.61 Å². The van der Waals surface area contributed by atoms with E-state index in [1.54, 1.807) is 0 Å². The number of benzene rings is 1. The van der Waals surface area contributed by atoms with Gasteiger partial charge in [0.2, 0.25) is 5.91 Å². The summed E-state index contributed by atoms with van der Waals surface area (Å²) in [7, 11) is 0. The lowest BCUT2D eigenvalue weighted by molar-refractivity contribution is -0.119. The maximum Gasteiger partial charge on any atom is 0.220 e. The van der Waals surface area contributed by atoms with E-state index in [0.29, 0.717) is 19.6 Å². The van der Waals surface area contributed by atoms with Gasteiger partial charge in [-0.25, -0.2) is 0 Å². The quantitative estimate of drug-likeness (QED) is 0.584. The van der Waals surface area contributed by atoms with E-state index in [2.05, 4.69) is 5.32 Å². The maximum absolute atomic E-state index is 11.2. The third kappa shape index (κ3) is 4.46. The van der Waals surface area contributed by atoms with Crippen LogP contribution in [-0.2, 0) is 20.9 Å². The summed E-state index contributed by atoms with van der Waals surface area (Å²) >= 11 is 0. The van der Waals surface area contributed by atoms with Crippen molar-refractivity contribution in [1.29, 1.82) is 0 Å². The molecule has 2 unspecified atom stereocenters. The van der Waals surface area contributed by atoms with Crippen LogP contribution >= 0.6 is 0 Å². The molecule has 0 aromatic heterocycles. The van der Waals surface area contributed by atoms with Crippen molar-refractivity contribution in [2.45, 2.75) is 38.3 Å². The molecule has 0 aliphatic carbocycles. The fraction of sp³-hybridized carbons (Fsp3) is 0.500. The normalized spacial score (nSPS) is 19.6. The average molecular weight is 275 g/mol. The number of hydrogen-bond donors (Lipinski definition) is 1. The predicted molar refractivity (Wildman–Crippen MR) is 76.1 cm³/mol. The van der Waals surface area contributed by atoms with Gasteiger partial charge in [0.25, 0.3) is 0 Å². The summed E-state index contributed by atoms with van der Waals surface area (Å²) in [6, 6.07) is 10.0. The maximum atomic E-state index is 11.2. The van der Waals surface area contributed by atoms with E-state index in [1.807, 2.05) is 30.3 Å². The van der Waals surface area contributed by atoms with Crippen LogP contribution in [0.25, 0.3) is 0 Å². The van der Waals surface area contributed by atoms with Crippen LogP contribution in [0.3, 0.4) is 0 Å². The van der Waals surface area contributed by atoms with E-state index in [0.717, 1.165) is 31.1 Å². The Morgan fingerprint density at radius 1 is 1.35 bits per heavy atom. The zero-order valence-electron chi connectivity index (χ0n) is 11.6. The molecular formula is C16H21NO3. The Bertz CT molecular complexity index is 433. The Labute approximate surface area is 119 Å². The summed E-state index contributed by atoms with van der Waals surface area (Å²) in [5.74, 6) is -0.0241. The van der Waals surface area contributed by atoms with Crippen molar-refractivity contribution >= 4 is 12.2 Å². The number of rotatable bonds is 8. The van der Waals surface area contributed by atoms with Crippen LogP contribution in [0, 0.1) is 5.92 Å². The number of ether oxygens (including phenoxy) is 1. The van der Waals surface area contributed by atoms with Gasteiger partial charge in [0.1, 0.15) is 6.29 Å². The molecule has 1 heterocycles. The van der Waals surface area contributed by atoms with E-state index in [4.69, 9.17) is 4.74 Å². The first-order valence-electron chi connectivity index (χ1n) is 7.16. The average Bonchev–Trinajstić information content (AvgIpc) is 2.90.